The standard InChI is InChI=1S/C64H104O30/c1-25-36(69)40(73)45(78)54(86-25)92-50-31(21-66)88-52(48(81)43(50)76)85-24-32-39(72)42(75)47(80)56(89-32)94-58(82)64-17-15-59(2,3)19-27(64)26-9-10-34-61(6)13-12-35(60(4,5)33(61)11-14-63(34,8)62(26,7)16-18-64)90-57-51(93-53-44(77)37(70)28(67)22-83-53)49(29(68)23-84-57)91-55-46(79)41(74)38(71)30(20-65)87-55/h9,25,27-57,65-81H,10-24H2,1-8H3. The lowest BCUT2D eigenvalue weighted by molar-refractivity contribution is -0.384. The van der Waals surface area contributed by atoms with E-state index in [0.717, 1.165) is 12.8 Å². The van der Waals surface area contributed by atoms with Crippen molar-refractivity contribution in [2.45, 2.75) is 298 Å². The van der Waals surface area contributed by atoms with Crippen LogP contribution >= 0.6 is 0 Å². The molecule has 6 aliphatic heterocycles. The molecule has 94 heavy (non-hydrogen) atoms. The summed E-state index contributed by atoms with van der Waals surface area (Å²) in [6.45, 7) is 14.2. The summed E-state index contributed by atoms with van der Waals surface area (Å²) in [4.78, 5) is 15.3. The van der Waals surface area contributed by atoms with Gasteiger partial charge in [-0.05, 0) is 116 Å². The van der Waals surface area contributed by atoms with Gasteiger partial charge in [-0.1, -0.05) is 60.1 Å². The van der Waals surface area contributed by atoms with Gasteiger partial charge in [-0.15, -0.1) is 0 Å². The average molecular weight is 1350 g/mol. The van der Waals surface area contributed by atoms with Gasteiger partial charge in [-0.2, -0.15) is 0 Å². The highest BCUT2D eigenvalue weighted by molar-refractivity contribution is 5.79. The summed E-state index contributed by atoms with van der Waals surface area (Å²) >= 11 is 0. The minimum absolute atomic E-state index is 0.0630. The van der Waals surface area contributed by atoms with Crippen molar-refractivity contribution in [1.29, 1.82) is 0 Å². The van der Waals surface area contributed by atoms with E-state index in [1.54, 1.807) is 0 Å². The number of esters is 1. The van der Waals surface area contributed by atoms with E-state index < -0.39 is 227 Å². The number of allylic oxidation sites excluding steroid dienone is 2. The summed E-state index contributed by atoms with van der Waals surface area (Å²) in [6.07, 6.45) is -37.6. The number of hydrogen-bond donors (Lipinski definition) is 17. The van der Waals surface area contributed by atoms with E-state index in [1.807, 2.05) is 0 Å². The number of ether oxygens (including phenoxy) is 12. The normalized spacial score (nSPS) is 54.2. The third kappa shape index (κ3) is 12.6. The molecular weight excluding hydrogens is 1250 g/mol. The predicted octanol–water partition coefficient (Wildman–Crippen LogP) is -4.08. The molecule has 0 aromatic heterocycles. The maximum atomic E-state index is 15.3. The fourth-order valence-electron chi connectivity index (χ4n) is 18.8. The van der Waals surface area contributed by atoms with Crippen molar-refractivity contribution in [3.63, 3.8) is 0 Å². The zero-order valence-electron chi connectivity index (χ0n) is 54.6. The van der Waals surface area contributed by atoms with E-state index in [0.29, 0.717) is 51.4 Å². The van der Waals surface area contributed by atoms with E-state index in [2.05, 4.69) is 54.5 Å². The molecule has 4 saturated carbocycles. The molecule has 0 amide bonds. The number of aliphatic hydroxyl groups is 17. The smallest absolute Gasteiger partial charge is 0.315 e. The largest absolute Gasteiger partial charge is 0.432 e. The van der Waals surface area contributed by atoms with Crippen LogP contribution in [0.2, 0.25) is 0 Å². The van der Waals surface area contributed by atoms with Crippen LogP contribution in [0.15, 0.2) is 11.6 Å². The number of aliphatic hydroxyl groups excluding tert-OH is 17. The summed E-state index contributed by atoms with van der Waals surface area (Å²) in [7, 11) is 0. The Kier molecular flexibility index (Phi) is 21.4. The Bertz CT molecular complexity index is 2640. The molecule has 11 aliphatic rings. The van der Waals surface area contributed by atoms with E-state index >= 15 is 4.79 Å². The molecule has 17 N–H and O–H groups in total. The van der Waals surface area contributed by atoms with Gasteiger partial charge in [0.1, 0.15) is 128 Å². The van der Waals surface area contributed by atoms with Crippen LogP contribution in [0.1, 0.15) is 120 Å². The van der Waals surface area contributed by atoms with Crippen molar-refractivity contribution in [3.05, 3.63) is 11.6 Å². The van der Waals surface area contributed by atoms with Gasteiger partial charge in [-0.25, -0.2) is 0 Å². The molecule has 36 atom stereocenters. The number of hydrogen-bond acceptors (Lipinski definition) is 30. The fraction of sp³-hybridized carbons (Fsp3) is 0.953. The van der Waals surface area contributed by atoms with Gasteiger partial charge in [-0.3, -0.25) is 4.79 Å². The fourth-order valence-corrected chi connectivity index (χ4v) is 18.8. The first kappa shape index (κ1) is 73.3. The molecule has 6 saturated heterocycles. The Morgan fingerprint density at radius 2 is 1.05 bits per heavy atom. The van der Waals surface area contributed by atoms with E-state index in [9.17, 15) is 86.8 Å². The lowest BCUT2D eigenvalue weighted by atomic mass is 9.33. The Labute approximate surface area is 545 Å². The van der Waals surface area contributed by atoms with E-state index in [4.69, 9.17) is 56.8 Å². The maximum absolute atomic E-state index is 15.3. The molecule has 30 heteroatoms. The highest BCUT2D eigenvalue weighted by Crippen LogP contribution is 2.76. The third-order valence-corrected chi connectivity index (χ3v) is 24.8. The highest BCUT2D eigenvalue weighted by atomic mass is 16.8. The first-order valence-corrected chi connectivity index (χ1v) is 33.5. The van der Waals surface area contributed by atoms with Gasteiger partial charge in [0.25, 0.3) is 0 Å². The van der Waals surface area contributed by atoms with Gasteiger partial charge < -0.3 is 144 Å². The molecule has 6 heterocycles. The van der Waals surface area contributed by atoms with Crippen LogP contribution < -0.4 is 0 Å². The molecule has 30 nitrogen and oxygen atoms in total. The lowest BCUT2D eigenvalue weighted by Crippen LogP contribution is -2.67. The summed E-state index contributed by atoms with van der Waals surface area (Å²) in [5.41, 5.74) is -1.63. The van der Waals surface area contributed by atoms with Gasteiger partial charge in [0.2, 0.25) is 6.29 Å². The minimum atomic E-state index is -1.91. The van der Waals surface area contributed by atoms with E-state index in [-0.39, 0.29) is 40.6 Å². The van der Waals surface area contributed by atoms with Crippen LogP contribution in [0, 0.1) is 50.2 Å². The maximum Gasteiger partial charge on any atom is 0.315 e. The second kappa shape index (κ2) is 27.5. The molecule has 10 fully saturated rings. The quantitative estimate of drug-likeness (QED) is 0.0421. The molecule has 0 aromatic carbocycles. The van der Waals surface area contributed by atoms with Crippen LogP contribution in [0.5, 0.6) is 0 Å². The molecule has 11 rings (SSSR count). The number of rotatable bonds is 15. The number of fused-ring (bicyclic) bond motifs is 7. The van der Waals surface area contributed by atoms with Crippen molar-refractivity contribution >= 4 is 5.97 Å². The Morgan fingerprint density at radius 3 is 1.73 bits per heavy atom. The highest BCUT2D eigenvalue weighted by Gasteiger charge is 2.71. The Morgan fingerprint density at radius 1 is 0.500 bits per heavy atom. The van der Waals surface area contributed by atoms with Gasteiger partial charge >= 0.3 is 5.97 Å². The minimum Gasteiger partial charge on any atom is -0.432 e. The van der Waals surface area contributed by atoms with Crippen molar-refractivity contribution in [2.24, 2.45) is 50.2 Å². The number of carbonyl (C=O) groups is 1. The predicted molar refractivity (Wildman–Crippen MR) is 315 cm³/mol. The summed E-state index contributed by atoms with van der Waals surface area (Å²) < 4.78 is 72.1. The molecule has 36 unspecified atom stereocenters. The van der Waals surface area contributed by atoms with Crippen molar-refractivity contribution in [3.8, 4) is 0 Å². The van der Waals surface area contributed by atoms with Gasteiger partial charge in [0.05, 0.1) is 50.7 Å². The molecule has 0 bridgehead atoms. The Hall–Kier alpha value is -1.91. The van der Waals surface area contributed by atoms with E-state index in [1.165, 1.54) is 12.5 Å². The molecular formula is C64H104O30. The topological polar surface area (TPSA) is 472 Å². The van der Waals surface area contributed by atoms with Crippen LogP contribution in [0.25, 0.3) is 0 Å². The van der Waals surface area contributed by atoms with Crippen LogP contribution in [-0.4, -0.2) is 304 Å². The van der Waals surface area contributed by atoms with Crippen molar-refractivity contribution in [1.82, 2.24) is 0 Å². The summed E-state index contributed by atoms with van der Waals surface area (Å²) in [5, 5.41) is 183. The van der Waals surface area contributed by atoms with Crippen LogP contribution in [0.4, 0.5) is 0 Å². The zero-order valence-corrected chi connectivity index (χ0v) is 54.6. The molecule has 0 spiro atoms. The SMILES string of the molecule is CC1OC(OC2C(CO)OC(OCC3OC(OC(=O)C45CCC(C)(C)CC4C4=CCC6C7(C)CCC(OC8OCC(O)C(OC9OC(CO)C(O)C(O)C9O)C8OC8OCC(O)C(O)C8O)C(C)(C)C7CCC6(C)C4(C)CC5)C(O)C(O)C3O)C(O)C2O)C(O)C(O)C1O. The Balaban J connectivity index is 0.786. The zero-order chi connectivity index (χ0) is 68.4. The average Bonchev–Trinajstić information content (AvgIpc) is 0.676. The first-order chi connectivity index (χ1) is 44.1. The first-order valence-electron chi connectivity index (χ1n) is 33.5. The molecule has 540 valence electrons. The third-order valence-electron chi connectivity index (χ3n) is 24.8. The molecule has 0 aromatic rings. The number of carbonyl (C=O) groups excluding carboxylic acids is 1. The van der Waals surface area contributed by atoms with Crippen LogP contribution in [0.3, 0.4) is 0 Å². The molecule has 0 radical (unpaired) electrons. The van der Waals surface area contributed by atoms with Crippen molar-refractivity contribution < 1.29 is 148 Å². The summed E-state index contributed by atoms with van der Waals surface area (Å²) in [6, 6.07) is 0. The summed E-state index contributed by atoms with van der Waals surface area (Å²) in [5.74, 6) is -0.720. The second-order valence-electron chi connectivity index (χ2n) is 31.0. The van der Waals surface area contributed by atoms with Gasteiger partial charge in [0.15, 0.2) is 31.5 Å². The van der Waals surface area contributed by atoms with Crippen LogP contribution in [-0.2, 0) is 61.6 Å². The lowest BCUT2D eigenvalue weighted by Gasteiger charge is -2.71. The van der Waals surface area contributed by atoms with Gasteiger partial charge in [0, 0.05) is 0 Å². The second-order valence-corrected chi connectivity index (χ2v) is 31.0. The van der Waals surface area contributed by atoms with Crippen molar-refractivity contribution in [2.75, 3.05) is 33.0 Å². The molecule has 5 aliphatic carbocycles. The monoisotopic (exact) mass is 1350 g/mol.